The van der Waals surface area contributed by atoms with Crippen LogP contribution < -0.4 is 20.9 Å². The standard InChI is InChI=1S/C30H45N5O8S/c1-19-20(2)44-26(32-19)34-25(37)22-18-21(35(9)28(39)43-30(6,7)8)10-11-23(22)33-24(36)12-14-40-16-17-41-15-13-31-27(38)42-29(3,4)5/h10-11,18H,12-17H2,1-9H3,(H,31,38)(H,33,36)(H,32,34,37). The van der Waals surface area contributed by atoms with Crippen LogP contribution in [-0.4, -0.2) is 80.2 Å². The van der Waals surface area contributed by atoms with Crippen LogP contribution in [0.15, 0.2) is 18.2 Å². The van der Waals surface area contributed by atoms with E-state index in [1.165, 1.54) is 29.4 Å². The lowest BCUT2D eigenvalue weighted by Crippen LogP contribution is -2.34. The first-order valence-corrected chi connectivity index (χ1v) is 15.0. The minimum atomic E-state index is -0.701. The summed E-state index contributed by atoms with van der Waals surface area (Å²) < 4.78 is 21.5. The van der Waals surface area contributed by atoms with Crippen LogP contribution in [0.2, 0.25) is 0 Å². The molecule has 3 N–H and O–H groups in total. The molecule has 2 aromatic rings. The lowest BCUT2D eigenvalue weighted by atomic mass is 10.1. The molecule has 0 saturated heterocycles. The zero-order valence-electron chi connectivity index (χ0n) is 27.0. The van der Waals surface area contributed by atoms with E-state index in [1.807, 2.05) is 13.8 Å². The van der Waals surface area contributed by atoms with E-state index >= 15 is 0 Å². The van der Waals surface area contributed by atoms with Gasteiger partial charge in [-0.2, -0.15) is 0 Å². The first kappa shape index (κ1) is 36.4. The van der Waals surface area contributed by atoms with E-state index in [0.717, 1.165) is 10.6 Å². The summed E-state index contributed by atoms with van der Waals surface area (Å²) in [7, 11) is 1.54. The Morgan fingerprint density at radius 2 is 1.52 bits per heavy atom. The molecular weight excluding hydrogens is 590 g/mol. The fraction of sp³-hybridized carbons (Fsp3) is 0.567. The van der Waals surface area contributed by atoms with E-state index in [9.17, 15) is 19.2 Å². The second kappa shape index (κ2) is 16.4. The molecule has 2 rings (SSSR count). The van der Waals surface area contributed by atoms with Crippen molar-refractivity contribution in [1.29, 1.82) is 0 Å². The van der Waals surface area contributed by atoms with E-state index in [4.69, 9.17) is 18.9 Å². The monoisotopic (exact) mass is 635 g/mol. The minimum absolute atomic E-state index is 0.0334. The number of nitrogens with zero attached hydrogens (tertiary/aromatic N) is 2. The molecule has 0 aliphatic rings. The van der Waals surface area contributed by atoms with Crippen molar-refractivity contribution in [3.63, 3.8) is 0 Å². The normalized spacial score (nSPS) is 11.5. The van der Waals surface area contributed by atoms with Gasteiger partial charge < -0.3 is 29.6 Å². The summed E-state index contributed by atoms with van der Waals surface area (Å²) in [6.07, 6.45) is -1.07. The molecule has 0 aliphatic carbocycles. The number of aryl methyl sites for hydroxylation is 2. The number of amides is 4. The number of nitrogens with one attached hydrogen (secondary N) is 3. The Balaban J connectivity index is 1.94. The Hall–Kier alpha value is -3.75. The fourth-order valence-electron chi connectivity index (χ4n) is 3.40. The number of carbonyl (C=O) groups excluding carboxylic acids is 4. The number of aromatic nitrogens is 1. The molecule has 0 radical (unpaired) electrons. The van der Waals surface area contributed by atoms with Crippen LogP contribution in [-0.2, 0) is 23.7 Å². The molecule has 0 bridgehead atoms. The number of hydrogen-bond donors (Lipinski definition) is 3. The molecule has 13 nitrogen and oxygen atoms in total. The largest absolute Gasteiger partial charge is 0.444 e. The number of anilines is 3. The van der Waals surface area contributed by atoms with Gasteiger partial charge >= 0.3 is 12.2 Å². The first-order chi connectivity index (χ1) is 20.4. The van der Waals surface area contributed by atoms with Gasteiger partial charge in [0.2, 0.25) is 5.91 Å². The third kappa shape index (κ3) is 13.3. The maximum atomic E-state index is 13.3. The number of thiazole rings is 1. The van der Waals surface area contributed by atoms with Crippen molar-refractivity contribution >= 4 is 51.8 Å². The molecule has 1 aromatic heterocycles. The summed E-state index contributed by atoms with van der Waals surface area (Å²) in [5.41, 5.74) is 0.346. The highest BCUT2D eigenvalue weighted by Gasteiger charge is 2.23. The third-order valence-electron chi connectivity index (χ3n) is 5.59. The second-order valence-electron chi connectivity index (χ2n) is 11.8. The summed E-state index contributed by atoms with van der Waals surface area (Å²) in [6, 6.07) is 4.68. The van der Waals surface area contributed by atoms with E-state index in [-0.39, 0.29) is 50.0 Å². The van der Waals surface area contributed by atoms with Gasteiger partial charge in [0.05, 0.1) is 49.8 Å². The average Bonchev–Trinajstić information content (AvgIpc) is 3.21. The number of ether oxygens (including phenoxy) is 4. The van der Waals surface area contributed by atoms with Gasteiger partial charge in [-0.3, -0.25) is 19.8 Å². The van der Waals surface area contributed by atoms with E-state index in [1.54, 1.807) is 53.7 Å². The highest BCUT2D eigenvalue weighted by Crippen LogP contribution is 2.27. The van der Waals surface area contributed by atoms with Crippen LogP contribution in [0.3, 0.4) is 0 Å². The molecule has 4 amide bonds. The molecule has 14 heteroatoms. The topological polar surface area (TPSA) is 157 Å². The van der Waals surface area contributed by atoms with Gasteiger partial charge in [0.1, 0.15) is 11.2 Å². The molecule has 0 spiro atoms. The SMILES string of the molecule is Cc1nc(NC(=O)c2cc(N(C)C(=O)OC(C)(C)C)ccc2NC(=O)CCOCCOCCNC(=O)OC(C)(C)C)sc1C. The van der Waals surface area contributed by atoms with Gasteiger partial charge in [0.15, 0.2) is 5.13 Å². The molecule has 1 aromatic carbocycles. The summed E-state index contributed by atoms with van der Waals surface area (Å²) in [5, 5.41) is 8.55. The van der Waals surface area contributed by atoms with Gasteiger partial charge in [-0.1, -0.05) is 0 Å². The van der Waals surface area contributed by atoms with Gasteiger partial charge in [-0.25, -0.2) is 14.6 Å². The lowest BCUT2D eigenvalue weighted by Gasteiger charge is -2.25. The molecule has 0 atom stereocenters. The predicted molar refractivity (Wildman–Crippen MR) is 170 cm³/mol. The van der Waals surface area contributed by atoms with Crippen molar-refractivity contribution < 1.29 is 38.1 Å². The summed E-state index contributed by atoms with van der Waals surface area (Å²) in [4.78, 5) is 56.9. The van der Waals surface area contributed by atoms with Crippen LogP contribution >= 0.6 is 11.3 Å². The zero-order valence-corrected chi connectivity index (χ0v) is 27.9. The fourth-order valence-corrected chi connectivity index (χ4v) is 4.21. The van der Waals surface area contributed by atoms with Gasteiger partial charge in [0, 0.05) is 24.2 Å². The number of hydrogen-bond acceptors (Lipinski definition) is 10. The highest BCUT2D eigenvalue weighted by atomic mass is 32.1. The molecule has 0 saturated carbocycles. The maximum Gasteiger partial charge on any atom is 0.414 e. The summed E-state index contributed by atoms with van der Waals surface area (Å²) in [6.45, 7) is 15.6. The smallest absolute Gasteiger partial charge is 0.414 e. The Morgan fingerprint density at radius 1 is 0.886 bits per heavy atom. The number of carbonyl (C=O) groups is 4. The Kier molecular flexibility index (Phi) is 13.5. The lowest BCUT2D eigenvalue weighted by molar-refractivity contribution is -0.117. The van der Waals surface area contributed by atoms with Crippen molar-refractivity contribution in [2.24, 2.45) is 0 Å². The van der Waals surface area contributed by atoms with E-state index in [0.29, 0.717) is 17.4 Å². The third-order valence-corrected chi connectivity index (χ3v) is 6.57. The number of benzene rings is 1. The maximum absolute atomic E-state index is 13.3. The van der Waals surface area contributed by atoms with Crippen molar-refractivity contribution in [3.05, 3.63) is 34.3 Å². The quantitative estimate of drug-likeness (QED) is 0.249. The molecule has 0 unspecified atom stereocenters. The van der Waals surface area contributed by atoms with Crippen molar-refractivity contribution in [2.75, 3.05) is 55.6 Å². The highest BCUT2D eigenvalue weighted by molar-refractivity contribution is 7.15. The van der Waals surface area contributed by atoms with Gasteiger partial charge in [0.25, 0.3) is 5.91 Å². The van der Waals surface area contributed by atoms with Crippen LogP contribution in [0.1, 0.15) is 68.9 Å². The van der Waals surface area contributed by atoms with Gasteiger partial charge in [-0.15, -0.1) is 11.3 Å². The van der Waals surface area contributed by atoms with Gasteiger partial charge in [-0.05, 0) is 73.6 Å². The molecule has 1 heterocycles. The van der Waals surface area contributed by atoms with E-state index in [2.05, 4.69) is 20.9 Å². The molecule has 44 heavy (non-hydrogen) atoms. The molecule has 244 valence electrons. The minimum Gasteiger partial charge on any atom is -0.444 e. The van der Waals surface area contributed by atoms with Crippen molar-refractivity contribution in [2.45, 2.75) is 73.0 Å². The molecule has 0 fully saturated rings. The molecular formula is C30H45N5O8S. The van der Waals surface area contributed by atoms with Crippen LogP contribution in [0.4, 0.5) is 26.1 Å². The van der Waals surface area contributed by atoms with Crippen LogP contribution in [0.5, 0.6) is 0 Å². The first-order valence-electron chi connectivity index (χ1n) is 14.2. The number of rotatable bonds is 13. The van der Waals surface area contributed by atoms with Crippen molar-refractivity contribution in [1.82, 2.24) is 10.3 Å². The average molecular weight is 636 g/mol. The van der Waals surface area contributed by atoms with E-state index < -0.39 is 29.3 Å². The zero-order chi connectivity index (χ0) is 33.1. The number of alkyl carbamates (subject to hydrolysis) is 1. The predicted octanol–water partition coefficient (Wildman–Crippen LogP) is 5.27. The second-order valence-corrected chi connectivity index (χ2v) is 13.0. The summed E-state index contributed by atoms with van der Waals surface area (Å²) in [5.74, 6) is -0.862. The Labute approximate surface area is 263 Å². The summed E-state index contributed by atoms with van der Waals surface area (Å²) >= 11 is 1.34. The van der Waals surface area contributed by atoms with Crippen LogP contribution in [0, 0.1) is 13.8 Å². The van der Waals surface area contributed by atoms with Crippen molar-refractivity contribution in [3.8, 4) is 0 Å². The molecule has 0 aliphatic heterocycles. The van der Waals surface area contributed by atoms with Crippen LogP contribution in [0.25, 0.3) is 0 Å². The Morgan fingerprint density at radius 3 is 2.11 bits per heavy atom. The Bertz CT molecular complexity index is 1280.